The van der Waals surface area contributed by atoms with Gasteiger partial charge in [0.25, 0.3) is 5.92 Å². The van der Waals surface area contributed by atoms with Gasteiger partial charge in [-0.25, -0.2) is 8.78 Å². The van der Waals surface area contributed by atoms with E-state index < -0.39 is 11.8 Å². The van der Waals surface area contributed by atoms with Crippen LogP contribution in [0.2, 0.25) is 0 Å². The van der Waals surface area contributed by atoms with Gasteiger partial charge in [-0.05, 0) is 6.42 Å². The van der Waals surface area contributed by atoms with Crippen molar-refractivity contribution in [2.45, 2.75) is 25.3 Å². The maximum absolute atomic E-state index is 12.4. The lowest BCUT2D eigenvalue weighted by Crippen LogP contribution is -2.02. The molecule has 0 aromatic carbocycles. The number of alkyl halides is 2. The molecule has 0 amide bonds. The van der Waals surface area contributed by atoms with E-state index in [1.54, 1.807) is 6.20 Å². The third kappa shape index (κ3) is 1.76. The second-order valence-electron chi connectivity index (χ2n) is 3.36. The fraction of sp³-hybridized carbons (Fsp3) is 0.714. The Bertz CT molecular complexity index is 309. The molecular formula is C7H10F2N4. The molecule has 1 aromatic rings. The molecule has 1 aliphatic rings. The van der Waals surface area contributed by atoms with Crippen molar-refractivity contribution in [2.24, 2.45) is 5.92 Å². The minimum absolute atomic E-state index is 0.0111. The first kappa shape index (κ1) is 8.40. The SMILES string of the molecule is Nc1cn(CCC2CC2(F)F)nn1. The summed E-state index contributed by atoms with van der Waals surface area (Å²) in [6.07, 6.45) is 1.99. The molecule has 72 valence electrons. The summed E-state index contributed by atoms with van der Waals surface area (Å²) in [6, 6.07) is 0. The van der Waals surface area contributed by atoms with E-state index in [-0.39, 0.29) is 6.42 Å². The number of hydrogen-bond donors (Lipinski definition) is 1. The molecule has 0 bridgehead atoms. The zero-order valence-corrected chi connectivity index (χ0v) is 6.95. The van der Waals surface area contributed by atoms with Gasteiger partial charge >= 0.3 is 0 Å². The highest BCUT2D eigenvalue weighted by molar-refractivity contribution is 5.19. The average Bonchev–Trinajstić information content (AvgIpc) is 2.45. The monoisotopic (exact) mass is 188 g/mol. The van der Waals surface area contributed by atoms with Crippen molar-refractivity contribution in [3.63, 3.8) is 0 Å². The van der Waals surface area contributed by atoms with Gasteiger partial charge in [-0.3, -0.25) is 4.68 Å². The van der Waals surface area contributed by atoms with Crippen LogP contribution in [0.5, 0.6) is 0 Å². The number of nitrogens with two attached hydrogens (primary N) is 1. The third-order valence-electron chi connectivity index (χ3n) is 2.22. The minimum atomic E-state index is -2.44. The summed E-state index contributed by atoms with van der Waals surface area (Å²) in [4.78, 5) is 0. The number of aromatic nitrogens is 3. The smallest absolute Gasteiger partial charge is 0.251 e. The average molecular weight is 188 g/mol. The molecule has 1 unspecified atom stereocenters. The number of rotatable bonds is 3. The quantitative estimate of drug-likeness (QED) is 0.766. The standard InChI is InChI=1S/C7H10F2N4/c8-7(9)3-5(7)1-2-13-4-6(10)11-12-13/h4-5H,1-3,10H2. The van der Waals surface area contributed by atoms with Crippen LogP contribution in [0.3, 0.4) is 0 Å². The summed E-state index contributed by atoms with van der Waals surface area (Å²) in [5.74, 6) is -2.59. The van der Waals surface area contributed by atoms with Crippen LogP contribution < -0.4 is 5.73 Å². The van der Waals surface area contributed by atoms with E-state index in [1.165, 1.54) is 4.68 Å². The van der Waals surface area contributed by atoms with E-state index in [4.69, 9.17) is 5.73 Å². The molecule has 2 rings (SSSR count). The van der Waals surface area contributed by atoms with Gasteiger partial charge in [0.1, 0.15) is 0 Å². The van der Waals surface area contributed by atoms with E-state index in [9.17, 15) is 8.78 Å². The highest BCUT2D eigenvalue weighted by Gasteiger charge is 2.55. The summed E-state index contributed by atoms with van der Waals surface area (Å²) in [7, 11) is 0. The molecule has 0 aliphatic heterocycles. The molecule has 4 nitrogen and oxygen atoms in total. The molecule has 1 saturated carbocycles. The molecule has 0 spiro atoms. The highest BCUT2D eigenvalue weighted by Crippen LogP contribution is 2.50. The van der Waals surface area contributed by atoms with Gasteiger partial charge in [-0.1, -0.05) is 5.21 Å². The van der Waals surface area contributed by atoms with E-state index >= 15 is 0 Å². The summed E-state index contributed by atoms with van der Waals surface area (Å²) in [6.45, 7) is 0.463. The minimum Gasteiger partial charge on any atom is -0.381 e. The maximum Gasteiger partial charge on any atom is 0.251 e. The van der Waals surface area contributed by atoms with Crippen molar-refractivity contribution in [1.29, 1.82) is 0 Å². The first-order valence-electron chi connectivity index (χ1n) is 4.11. The number of nitrogen functional groups attached to an aromatic ring is 1. The van der Waals surface area contributed by atoms with Gasteiger partial charge in [-0.15, -0.1) is 5.10 Å². The van der Waals surface area contributed by atoms with Gasteiger partial charge in [0.05, 0.1) is 6.20 Å². The Morgan fingerprint density at radius 2 is 2.38 bits per heavy atom. The third-order valence-corrected chi connectivity index (χ3v) is 2.22. The summed E-state index contributed by atoms with van der Waals surface area (Å²) in [5.41, 5.74) is 5.31. The van der Waals surface area contributed by atoms with Crippen LogP contribution in [-0.4, -0.2) is 20.9 Å². The number of anilines is 1. The van der Waals surface area contributed by atoms with E-state index in [0.717, 1.165) is 0 Å². The molecule has 13 heavy (non-hydrogen) atoms. The molecule has 1 atom stereocenters. The lowest BCUT2D eigenvalue weighted by Gasteiger charge is -1.98. The predicted molar refractivity (Wildman–Crippen MR) is 42.1 cm³/mol. The Kier molecular flexibility index (Phi) is 1.71. The second-order valence-corrected chi connectivity index (χ2v) is 3.36. The van der Waals surface area contributed by atoms with Gasteiger partial charge in [0, 0.05) is 18.9 Å². The molecule has 1 heterocycles. The normalized spacial score (nSPS) is 24.6. The largest absolute Gasteiger partial charge is 0.381 e. The summed E-state index contributed by atoms with van der Waals surface area (Å²) < 4.78 is 26.4. The van der Waals surface area contributed by atoms with Crippen LogP contribution in [0.4, 0.5) is 14.6 Å². The lowest BCUT2D eigenvalue weighted by atomic mass is 10.3. The molecule has 6 heteroatoms. The Morgan fingerprint density at radius 1 is 1.69 bits per heavy atom. The second kappa shape index (κ2) is 2.65. The molecule has 1 aromatic heterocycles. The van der Waals surface area contributed by atoms with Crippen molar-refractivity contribution >= 4 is 5.82 Å². The first-order chi connectivity index (χ1) is 6.08. The van der Waals surface area contributed by atoms with Crippen LogP contribution in [0, 0.1) is 5.92 Å². The maximum atomic E-state index is 12.4. The van der Waals surface area contributed by atoms with Gasteiger partial charge in [0.2, 0.25) is 0 Å². The Hall–Kier alpha value is -1.20. The number of aryl methyl sites for hydroxylation is 1. The molecule has 1 fully saturated rings. The number of nitrogens with zero attached hydrogens (tertiary/aromatic N) is 3. The van der Waals surface area contributed by atoms with Crippen LogP contribution >= 0.6 is 0 Å². The molecule has 0 radical (unpaired) electrons. The zero-order valence-electron chi connectivity index (χ0n) is 6.95. The van der Waals surface area contributed by atoms with E-state index in [2.05, 4.69) is 10.3 Å². The fourth-order valence-corrected chi connectivity index (χ4v) is 1.29. The first-order valence-corrected chi connectivity index (χ1v) is 4.11. The van der Waals surface area contributed by atoms with Crippen LogP contribution in [0.25, 0.3) is 0 Å². The Labute approximate surface area is 73.7 Å². The number of hydrogen-bond acceptors (Lipinski definition) is 3. The Balaban J connectivity index is 1.81. The molecule has 2 N–H and O–H groups in total. The Morgan fingerprint density at radius 3 is 2.85 bits per heavy atom. The summed E-state index contributed by atoms with van der Waals surface area (Å²) >= 11 is 0. The van der Waals surface area contributed by atoms with Crippen molar-refractivity contribution < 1.29 is 8.78 Å². The van der Waals surface area contributed by atoms with Crippen molar-refractivity contribution in [3.05, 3.63) is 6.20 Å². The van der Waals surface area contributed by atoms with Crippen LogP contribution in [0.15, 0.2) is 6.20 Å². The molecular weight excluding hydrogens is 178 g/mol. The molecule has 0 saturated heterocycles. The van der Waals surface area contributed by atoms with Crippen molar-refractivity contribution in [3.8, 4) is 0 Å². The zero-order chi connectivity index (χ0) is 9.47. The van der Waals surface area contributed by atoms with Crippen molar-refractivity contribution in [1.82, 2.24) is 15.0 Å². The predicted octanol–water partition coefficient (Wildman–Crippen LogP) is 0.906. The van der Waals surface area contributed by atoms with E-state index in [1.807, 2.05) is 0 Å². The fourth-order valence-electron chi connectivity index (χ4n) is 1.29. The van der Waals surface area contributed by atoms with Crippen molar-refractivity contribution in [2.75, 3.05) is 5.73 Å². The van der Waals surface area contributed by atoms with Crippen LogP contribution in [-0.2, 0) is 6.54 Å². The van der Waals surface area contributed by atoms with E-state index in [0.29, 0.717) is 18.8 Å². The molecule has 1 aliphatic carbocycles. The topological polar surface area (TPSA) is 56.7 Å². The van der Waals surface area contributed by atoms with Gasteiger partial charge < -0.3 is 5.73 Å². The van der Waals surface area contributed by atoms with Crippen LogP contribution in [0.1, 0.15) is 12.8 Å². The van der Waals surface area contributed by atoms with Gasteiger partial charge in [-0.2, -0.15) is 0 Å². The van der Waals surface area contributed by atoms with Gasteiger partial charge in [0.15, 0.2) is 5.82 Å². The number of halogens is 2. The highest BCUT2D eigenvalue weighted by atomic mass is 19.3. The lowest BCUT2D eigenvalue weighted by molar-refractivity contribution is 0.0958. The summed E-state index contributed by atoms with van der Waals surface area (Å²) in [5, 5.41) is 7.21.